The summed E-state index contributed by atoms with van der Waals surface area (Å²) in [5.41, 5.74) is 1.71. The molecule has 0 aliphatic rings. The molecule has 1 unspecified atom stereocenters. The maximum atomic E-state index is 13.4. The maximum absolute atomic E-state index is 13.4. The van der Waals surface area contributed by atoms with Crippen LogP contribution in [0.1, 0.15) is 22.8 Å². The number of nitrogen functional groups attached to an aromatic ring is 1. The van der Waals surface area contributed by atoms with Gasteiger partial charge in [-0.3, -0.25) is 10.2 Å². The van der Waals surface area contributed by atoms with Gasteiger partial charge in [-0.2, -0.15) is 13.2 Å². The van der Waals surface area contributed by atoms with Gasteiger partial charge < -0.3 is 4.74 Å². The second-order valence-electron chi connectivity index (χ2n) is 3.77. The highest BCUT2D eigenvalue weighted by atomic mass is 19.4. The molecule has 0 fully saturated rings. The number of ether oxygens (including phenoxy) is 1. The van der Waals surface area contributed by atoms with Gasteiger partial charge in [-0.25, -0.2) is 10.2 Å². The summed E-state index contributed by atoms with van der Waals surface area (Å²) in [6.07, 6.45) is -6.55. The van der Waals surface area contributed by atoms with E-state index in [9.17, 15) is 22.4 Å². The van der Waals surface area contributed by atoms with E-state index in [4.69, 9.17) is 5.84 Å². The van der Waals surface area contributed by atoms with Crippen molar-refractivity contribution in [1.82, 2.24) is 5.43 Å². The zero-order chi connectivity index (χ0) is 14.6. The molecule has 0 heterocycles. The number of nitrogens with two attached hydrogens (primary N) is 1. The lowest BCUT2D eigenvalue weighted by atomic mass is 10.1. The molecule has 1 amide bonds. The van der Waals surface area contributed by atoms with E-state index in [1.807, 2.05) is 5.43 Å². The quantitative estimate of drug-likeness (QED) is 0.383. The van der Waals surface area contributed by atoms with Crippen molar-refractivity contribution in [1.29, 1.82) is 0 Å². The smallest absolute Gasteiger partial charge is 0.364 e. The number of hydrazine groups is 1. The Balaban J connectivity index is 2.81. The topological polar surface area (TPSA) is 64.3 Å². The monoisotopic (exact) mass is 280 g/mol. The Hall–Kier alpha value is -1.67. The van der Waals surface area contributed by atoms with Gasteiger partial charge in [0.25, 0.3) is 5.91 Å². The lowest BCUT2D eigenvalue weighted by Gasteiger charge is -2.16. The van der Waals surface area contributed by atoms with Crippen LogP contribution in [0.15, 0.2) is 18.2 Å². The van der Waals surface area contributed by atoms with Crippen molar-refractivity contribution in [3.05, 3.63) is 35.1 Å². The molecule has 1 atom stereocenters. The molecular formula is C11H12F4N2O2. The summed E-state index contributed by atoms with van der Waals surface area (Å²) in [4.78, 5) is 11.2. The first-order valence-electron chi connectivity index (χ1n) is 5.23. The van der Waals surface area contributed by atoms with Gasteiger partial charge in [0.15, 0.2) is 6.10 Å². The predicted octanol–water partition coefficient (Wildman–Crippen LogP) is 1.90. The SMILES string of the molecule is CC(OCc1cc(C(=O)NN)ccc1F)C(F)(F)F. The van der Waals surface area contributed by atoms with E-state index in [0.717, 1.165) is 25.1 Å². The second kappa shape index (κ2) is 5.98. The fraction of sp³-hybridized carbons (Fsp3) is 0.364. The third-order valence-electron chi connectivity index (χ3n) is 2.39. The standard InChI is InChI=1S/C11H12F4N2O2/c1-6(11(13,14)15)19-5-8-4-7(10(18)17-16)2-3-9(8)12/h2-4,6H,5,16H2,1H3,(H,17,18). The van der Waals surface area contributed by atoms with E-state index in [2.05, 4.69) is 4.74 Å². The molecular weight excluding hydrogens is 268 g/mol. The normalized spacial score (nSPS) is 13.2. The molecule has 0 bridgehead atoms. The van der Waals surface area contributed by atoms with Gasteiger partial charge in [0.2, 0.25) is 0 Å². The van der Waals surface area contributed by atoms with Gasteiger partial charge in [-0.05, 0) is 25.1 Å². The van der Waals surface area contributed by atoms with Crippen LogP contribution in [0.2, 0.25) is 0 Å². The molecule has 1 rings (SSSR count). The number of halogens is 4. The van der Waals surface area contributed by atoms with Crippen LogP contribution in [0.3, 0.4) is 0 Å². The van der Waals surface area contributed by atoms with Crippen LogP contribution in [0.25, 0.3) is 0 Å². The minimum absolute atomic E-state index is 0.0298. The van der Waals surface area contributed by atoms with Crippen LogP contribution in [0.5, 0.6) is 0 Å². The average Bonchev–Trinajstić information content (AvgIpc) is 2.35. The minimum Gasteiger partial charge on any atom is -0.364 e. The van der Waals surface area contributed by atoms with E-state index in [0.29, 0.717) is 0 Å². The number of nitrogens with one attached hydrogen (secondary N) is 1. The zero-order valence-electron chi connectivity index (χ0n) is 9.92. The second-order valence-corrected chi connectivity index (χ2v) is 3.77. The Morgan fingerprint density at radius 1 is 1.47 bits per heavy atom. The Morgan fingerprint density at radius 3 is 2.63 bits per heavy atom. The van der Waals surface area contributed by atoms with Crippen molar-refractivity contribution in [2.75, 3.05) is 0 Å². The number of carbonyl (C=O) groups is 1. The van der Waals surface area contributed by atoms with Gasteiger partial charge >= 0.3 is 6.18 Å². The summed E-state index contributed by atoms with van der Waals surface area (Å²) in [6.45, 7) is 0.215. The number of hydrogen-bond acceptors (Lipinski definition) is 3. The van der Waals surface area contributed by atoms with Crippen molar-refractivity contribution in [3.63, 3.8) is 0 Å². The zero-order valence-corrected chi connectivity index (χ0v) is 9.92. The summed E-state index contributed by atoms with van der Waals surface area (Å²) >= 11 is 0. The van der Waals surface area contributed by atoms with Gasteiger partial charge in [-0.15, -0.1) is 0 Å². The lowest BCUT2D eigenvalue weighted by Crippen LogP contribution is -2.30. The van der Waals surface area contributed by atoms with Crippen molar-refractivity contribution >= 4 is 5.91 Å². The Kier molecular flexibility index (Phi) is 4.84. The number of carbonyl (C=O) groups excluding carboxylic acids is 1. The fourth-order valence-electron chi connectivity index (χ4n) is 1.22. The molecule has 0 aliphatic carbocycles. The van der Waals surface area contributed by atoms with Crippen LogP contribution < -0.4 is 11.3 Å². The Morgan fingerprint density at radius 2 is 2.11 bits per heavy atom. The molecule has 0 spiro atoms. The summed E-state index contributed by atoms with van der Waals surface area (Å²) < 4.78 is 54.5. The van der Waals surface area contributed by atoms with E-state index < -0.39 is 30.6 Å². The van der Waals surface area contributed by atoms with Crippen LogP contribution in [-0.2, 0) is 11.3 Å². The summed E-state index contributed by atoms with van der Waals surface area (Å²) in [7, 11) is 0. The largest absolute Gasteiger partial charge is 0.414 e. The number of rotatable bonds is 4. The molecule has 0 saturated carbocycles. The van der Waals surface area contributed by atoms with Crippen LogP contribution in [-0.4, -0.2) is 18.2 Å². The first-order chi connectivity index (χ1) is 8.75. The predicted molar refractivity (Wildman–Crippen MR) is 58.4 cm³/mol. The first kappa shape index (κ1) is 15.4. The van der Waals surface area contributed by atoms with E-state index in [-0.39, 0.29) is 11.1 Å². The Labute approximate surface area is 106 Å². The highest BCUT2D eigenvalue weighted by Gasteiger charge is 2.36. The molecule has 0 aliphatic heterocycles. The van der Waals surface area contributed by atoms with E-state index >= 15 is 0 Å². The molecule has 1 aromatic rings. The minimum atomic E-state index is -4.53. The maximum Gasteiger partial charge on any atom is 0.414 e. The van der Waals surface area contributed by atoms with Gasteiger partial charge in [0.05, 0.1) is 6.61 Å². The van der Waals surface area contributed by atoms with Gasteiger partial charge in [0, 0.05) is 11.1 Å². The molecule has 106 valence electrons. The third-order valence-corrected chi connectivity index (χ3v) is 2.39. The third kappa shape index (κ3) is 4.18. The highest BCUT2D eigenvalue weighted by molar-refractivity contribution is 5.93. The van der Waals surface area contributed by atoms with Crippen molar-refractivity contribution < 1.29 is 27.1 Å². The summed E-state index contributed by atoms with van der Waals surface area (Å²) in [6, 6.07) is 3.20. The number of alkyl halides is 3. The van der Waals surface area contributed by atoms with Crippen LogP contribution >= 0.6 is 0 Å². The molecule has 1 aromatic carbocycles. The molecule has 0 saturated heterocycles. The first-order valence-corrected chi connectivity index (χ1v) is 5.23. The number of benzene rings is 1. The van der Waals surface area contributed by atoms with E-state index in [1.54, 1.807) is 0 Å². The van der Waals surface area contributed by atoms with Crippen molar-refractivity contribution in [2.24, 2.45) is 5.84 Å². The van der Waals surface area contributed by atoms with Gasteiger partial charge in [0.1, 0.15) is 5.82 Å². The molecule has 19 heavy (non-hydrogen) atoms. The Bertz CT molecular complexity index is 462. The van der Waals surface area contributed by atoms with Crippen LogP contribution in [0, 0.1) is 5.82 Å². The molecule has 4 nitrogen and oxygen atoms in total. The summed E-state index contributed by atoms with van der Waals surface area (Å²) in [5.74, 6) is 3.46. The molecule has 0 aromatic heterocycles. The number of amides is 1. The lowest BCUT2D eigenvalue weighted by molar-refractivity contribution is -0.217. The highest BCUT2D eigenvalue weighted by Crippen LogP contribution is 2.23. The average molecular weight is 280 g/mol. The molecule has 3 N–H and O–H groups in total. The molecule has 8 heteroatoms. The molecule has 0 radical (unpaired) electrons. The number of hydrogen-bond donors (Lipinski definition) is 2. The fourth-order valence-corrected chi connectivity index (χ4v) is 1.22. The van der Waals surface area contributed by atoms with Crippen molar-refractivity contribution in [2.45, 2.75) is 25.8 Å². The summed E-state index contributed by atoms with van der Waals surface area (Å²) in [5, 5.41) is 0. The van der Waals surface area contributed by atoms with Crippen molar-refractivity contribution in [3.8, 4) is 0 Å². The van der Waals surface area contributed by atoms with Gasteiger partial charge in [-0.1, -0.05) is 0 Å². The van der Waals surface area contributed by atoms with E-state index in [1.165, 1.54) is 0 Å². The van der Waals surface area contributed by atoms with Crippen LogP contribution in [0.4, 0.5) is 17.6 Å².